The molecule has 0 saturated carbocycles. The van der Waals surface area contributed by atoms with E-state index in [2.05, 4.69) is 14.7 Å². The van der Waals surface area contributed by atoms with Crippen molar-refractivity contribution < 1.29 is 35.5 Å². The maximum atomic E-state index is 12.9. The predicted molar refractivity (Wildman–Crippen MR) is 87.5 cm³/mol. The van der Waals surface area contributed by atoms with Gasteiger partial charge in [-0.3, -0.25) is 0 Å². The van der Waals surface area contributed by atoms with Crippen LogP contribution in [0.3, 0.4) is 0 Å². The Kier molecular flexibility index (Phi) is 5.70. The summed E-state index contributed by atoms with van der Waals surface area (Å²) in [7, 11) is -3.94. The maximum Gasteiger partial charge on any atom is 0.573 e. The molecule has 2 heterocycles. The van der Waals surface area contributed by atoms with Gasteiger partial charge in [-0.25, -0.2) is 22.8 Å². The van der Waals surface area contributed by atoms with Gasteiger partial charge in [-0.15, -0.1) is 13.2 Å². The number of benzene rings is 1. The van der Waals surface area contributed by atoms with Crippen LogP contribution in [0.15, 0.2) is 41.6 Å². The lowest BCUT2D eigenvalue weighted by Gasteiger charge is -2.31. The van der Waals surface area contributed by atoms with E-state index < -0.39 is 34.1 Å². The van der Waals surface area contributed by atoms with Crippen molar-refractivity contribution >= 4 is 10.0 Å². The van der Waals surface area contributed by atoms with E-state index in [1.54, 1.807) is 0 Å². The third-order valence-electron chi connectivity index (χ3n) is 3.90. The molecule has 0 radical (unpaired) electrons. The lowest BCUT2D eigenvalue weighted by atomic mass is 10.1. The van der Waals surface area contributed by atoms with Crippen LogP contribution in [0.2, 0.25) is 0 Å². The first-order chi connectivity index (χ1) is 13.1. The Morgan fingerprint density at radius 2 is 1.75 bits per heavy atom. The number of ether oxygens (including phenoxy) is 2. The van der Waals surface area contributed by atoms with Crippen LogP contribution in [0.25, 0.3) is 0 Å². The minimum Gasteiger partial charge on any atom is -0.459 e. The van der Waals surface area contributed by atoms with Crippen LogP contribution in [0, 0.1) is 5.82 Å². The number of halogens is 4. The van der Waals surface area contributed by atoms with E-state index >= 15 is 0 Å². The Morgan fingerprint density at radius 3 is 2.36 bits per heavy atom. The van der Waals surface area contributed by atoms with Crippen LogP contribution in [0.5, 0.6) is 11.8 Å². The molecule has 1 aromatic carbocycles. The lowest BCUT2D eigenvalue weighted by molar-refractivity contribution is -0.274. The summed E-state index contributed by atoms with van der Waals surface area (Å²) in [5, 5.41) is 0. The smallest absolute Gasteiger partial charge is 0.459 e. The molecule has 0 amide bonds. The molecule has 0 N–H and O–H groups in total. The molecule has 0 spiro atoms. The molecule has 0 unspecified atom stereocenters. The van der Waals surface area contributed by atoms with Crippen LogP contribution < -0.4 is 9.47 Å². The highest BCUT2D eigenvalue weighted by molar-refractivity contribution is 7.89. The second-order valence-corrected chi connectivity index (χ2v) is 7.89. The Hall–Kier alpha value is -2.47. The predicted octanol–water partition coefficient (Wildman–Crippen LogP) is 2.75. The van der Waals surface area contributed by atoms with Crippen molar-refractivity contribution in [3.8, 4) is 11.8 Å². The zero-order valence-electron chi connectivity index (χ0n) is 14.3. The molecule has 1 aromatic heterocycles. The highest BCUT2D eigenvalue weighted by Gasteiger charge is 2.33. The molecular formula is C16H15F4N3O4S. The monoisotopic (exact) mass is 421 g/mol. The maximum absolute atomic E-state index is 12.9. The number of piperidine rings is 1. The number of rotatable bonds is 5. The molecule has 7 nitrogen and oxygen atoms in total. The topological polar surface area (TPSA) is 81.6 Å². The fourth-order valence-corrected chi connectivity index (χ4v) is 4.20. The van der Waals surface area contributed by atoms with Gasteiger partial charge in [0.15, 0.2) is 5.82 Å². The molecule has 12 heteroatoms. The van der Waals surface area contributed by atoms with Gasteiger partial charge in [0, 0.05) is 6.54 Å². The van der Waals surface area contributed by atoms with E-state index in [9.17, 15) is 26.0 Å². The molecule has 152 valence electrons. The summed E-state index contributed by atoms with van der Waals surface area (Å²) in [6.07, 6.45) is -2.48. The van der Waals surface area contributed by atoms with Crippen LogP contribution in [0.4, 0.5) is 17.6 Å². The van der Waals surface area contributed by atoms with E-state index in [1.807, 2.05) is 0 Å². The van der Waals surface area contributed by atoms with Crippen molar-refractivity contribution in [3.05, 3.63) is 42.5 Å². The Labute approximate surface area is 158 Å². The van der Waals surface area contributed by atoms with E-state index in [4.69, 9.17) is 4.74 Å². The van der Waals surface area contributed by atoms with Crippen molar-refractivity contribution in [2.24, 2.45) is 0 Å². The van der Waals surface area contributed by atoms with Crippen molar-refractivity contribution in [2.75, 3.05) is 13.1 Å². The van der Waals surface area contributed by atoms with E-state index in [0.717, 1.165) is 36.7 Å². The summed E-state index contributed by atoms with van der Waals surface area (Å²) in [5.41, 5.74) is 0. The quantitative estimate of drug-likeness (QED) is 0.691. The number of hydrogen-bond acceptors (Lipinski definition) is 6. The van der Waals surface area contributed by atoms with Gasteiger partial charge in [-0.1, -0.05) is 0 Å². The fraction of sp³-hybridized carbons (Fsp3) is 0.375. The van der Waals surface area contributed by atoms with Gasteiger partial charge < -0.3 is 9.47 Å². The van der Waals surface area contributed by atoms with Crippen molar-refractivity contribution in [1.82, 2.24) is 14.3 Å². The first kappa shape index (κ1) is 20.3. The summed E-state index contributed by atoms with van der Waals surface area (Å²) in [6.45, 7) is 0.233. The highest BCUT2D eigenvalue weighted by atomic mass is 32.2. The largest absolute Gasteiger partial charge is 0.573 e. The fourth-order valence-electron chi connectivity index (χ4n) is 2.69. The minimum absolute atomic E-state index is 0.00384. The van der Waals surface area contributed by atoms with Crippen LogP contribution in [-0.2, 0) is 10.0 Å². The van der Waals surface area contributed by atoms with Gasteiger partial charge in [0.2, 0.25) is 10.0 Å². The SMILES string of the molecule is O=S(=O)(c1ccc(OC(F)(F)F)cc1)N1CCC[C@H](Oc2ncc(F)cn2)C1. The summed E-state index contributed by atoms with van der Waals surface area (Å²) >= 11 is 0. The molecule has 0 bridgehead atoms. The number of hydrogen-bond donors (Lipinski definition) is 0. The zero-order valence-corrected chi connectivity index (χ0v) is 15.1. The zero-order chi connectivity index (χ0) is 20.4. The molecule has 1 aliphatic heterocycles. The second-order valence-electron chi connectivity index (χ2n) is 5.95. The average molecular weight is 421 g/mol. The molecule has 2 aromatic rings. The first-order valence-corrected chi connectivity index (χ1v) is 9.58. The molecular weight excluding hydrogens is 406 g/mol. The molecule has 1 fully saturated rings. The van der Waals surface area contributed by atoms with Gasteiger partial charge >= 0.3 is 12.4 Å². The summed E-state index contributed by atoms with van der Waals surface area (Å²) in [5.74, 6) is -1.14. The van der Waals surface area contributed by atoms with Crippen molar-refractivity contribution in [2.45, 2.75) is 30.2 Å². The molecule has 0 aliphatic carbocycles. The number of sulfonamides is 1. The van der Waals surface area contributed by atoms with Gasteiger partial charge in [-0.2, -0.15) is 4.31 Å². The normalized spacial score (nSPS) is 18.6. The lowest BCUT2D eigenvalue weighted by Crippen LogP contribution is -2.44. The number of aromatic nitrogens is 2. The van der Waals surface area contributed by atoms with Crippen LogP contribution in [0.1, 0.15) is 12.8 Å². The van der Waals surface area contributed by atoms with Crippen LogP contribution in [-0.4, -0.2) is 48.2 Å². The molecule has 1 saturated heterocycles. The van der Waals surface area contributed by atoms with E-state index in [1.165, 1.54) is 4.31 Å². The van der Waals surface area contributed by atoms with Gasteiger partial charge in [-0.05, 0) is 37.1 Å². The Morgan fingerprint density at radius 1 is 1.11 bits per heavy atom. The Balaban J connectivity index is 1.69. The van der Waals surface area contributed by atoms with Crippen LogP contribution >= 0.6 is 0 Å². The van der Waals surface area contributed by atoms with Gasteiger partial charge in [0.05, 0.1) is 23.8 Å². The Bertz CT molecular complexity index is 905. The minimum atomic E-state index is -4.86. The van der Waals surface area contributed by atoms with Crippen molar-refractivity contribution in [3.63, 3.8) is 0 Å². The number of nitrogens with zero attached hydrogens (tertiary/aromatic N) is 3. The molecule has 1 atom stereocenters. The summed E-state index contributed by atoms with van der Waals surface area (Å²) in [6, 6.07) is 3.89. The second kappa shape index (κ2) is 7.87. The number of alkyl halides is 3. The van der Waals surface area contributed by atoms with Crippen molar-refractivity contribution in [1.29, 1.82) is 0 Å². The first-order valence-electron chi connectivity index (χ1n) is 8.14. The molecule has 1 aliphatic rings. The summed E-state index contributed by atoms with van der Waals surface area (Å²) < 4.78 is 85.4. The van der Waals surface area contributed by atoms with E-state index in [-0.39, 0.29) is 24.0 Å². The standard InChI is InChI=1S/C16H15F4N3O4S/c17-11-8-21-15(22-9-11)26-13-2-1-7-23(10-13)28(24,25)14-5-3-12(4-6-14)27-16(18,19)20/h3-6,8-9,13H,1-2,7,10H2/t13-/m0/s1. The van der Waals surface area contributed by atoms with Gasteiger partial charge in [0.25, 0.3) is 0 Å². The summed E-state index contributed by atoms with van der Waals surface area (Å²) in [4.78, 5) is 7.18. The third-order valence-corrected chi connectivity index (χ3v) is 5.78. The average Bonchev–Trinajstić information content (AvgIpc) is 2.63. The van der Waals surface area contributed by atoms with Gasteiger partial charge in [0.1, 0.15) is 11.9 Å². The highest BCUT2D eigenvalue weighted by Crippen LogP contribution is 2.27. The molecule has 28 heavy (non-hydrogen) atoms. The molecule has 3 rings (SSSR count). The van der Waals surface area contributed by atoms with E-state index in [0.29, 0.717) is 12.8 Å². The third kappa shape index (κ3) is 5.07.